The van der Waals surface area contributed by atoms with Crippen molar-refractivity contribution in [2.24, 2.45) is 5.92 Å². The summed E-state index contributed by atoms with van der Waals surface area (Å²) < 4.78 is 5.54. The van der Waals surface area contributed by atoms with E-state index in [-0.39, 0.29) is 23.7 Å². The van der Waals surface area contributed by atoms with Crippen LogP contribution in [0, 0.1) is 12.8 Å². The van der Waals surface area contributed by atoms with E-state index >= 15 is 0 Å². The number of methoxy groups -OCH3 is 1. The van der Waals surface area contributed by atoms with Gasteiger partial charge >= 0.3 is 0 Å². The first-order valence-electron chi connectivity index (χ1n) is 9.86. The van der Waals surface area contributed by atoms with Crippen LogP contribution < -0.4 is 10.1 Å². The number of likely N-dealkylation sites (tertiary alicyclic amines) is 1. The third-order valence-electron chi connectivity index (χ3n) is 5.78. The van der Waals surface area contributed by atoms with Crippen LogP contribution in [0.4, 0.5) is 0 Å². The summed E-state index contributed by atoms with van der Waals surface area (Å²) in [4.78, 5) is 27.9. The van der Waals surface area contributed by atoms with Gasteiger partial charge in [-0.3, -0.25) is 9.59 Å². The Morgan fingerprint density at radius 2 is 1.75 bits per heavy atom. The lowest BCUT2D eigenvalue weighted by Gasteiger charge is -2.20. The van der Waals surface area contributed by atoms with Crippen LogP contribution in [0.15, 0.2) is 48.5 Å². The molecule has 0 bridgehead atoms. The average Bonchev–Trinajstić information content (AvgIpc) is 3.41. The minimum absolute atomic E-state index is 0.0141. The molecule has 2 aliphatic rings. The molecule has 0 radical (unpaired) electrons. The van der Waals surface area contributed by atoms with Crippen LogP contribution in [-0.2, 0) is 4.79 Å². The first-order valence-corrected chi connectivity index (χ1v) is 9.86. The minimum atomic E-state index is -0.273. The predicted octanol–water partition coefficient (Wildman–Crippen LogP) is 3.14. The second-order valence-electron chi connectivity index (χ2n) is 7.76. The van der Waals surface area contributed by atoms with Crippen LogP contribution in [-0.4, -0.2) is 43.0 Å². The van der Waals surface area contributed by atoms with Crippen molar-refractivity contribution >= 4 is 11.8 Å². The van der Waals surface area contributed by atoms with Gasteiger partial charge in [0.15, 0.2) is 0 Å². The Kier molecular flexibility index (Phi) is 5.07. The summed E-state index contributed by atoms with van der Waals surface area (Å²) in [5.74, 6) is 0.438. The third-order valence-corrected chi connectivity index (χ3v) is 5.78. The van der Waals surface area contributed by atoms with Gasteiger partial charge in [0, 0.05) is 30.6 Å². The Morgan fingerprint density at radius 3 is 2.46 bits per heavy atom. The lowest BCUT2D eigenvalue weighted by Crippen LogP contribution is -2.36. The van der Waals surface area contributed by atoms with E-state index in [1.54, 1.807) is 7.11 Å². The maximum atomic E-state index is 13.2. The van der Waals surface area contributed by atoms with Gasteiger partial charge in [-0.2, -0.15) is 0 Å². The minimum Gasteiger partial charge on any atom is -0.496 e. The molecule has 2 atom stereocenters. The number of nitrogens with one attached hydrogen (secondary N) is 1. The van der Waals surface area contributed by atoms with Crippen molar-refractivity contribution in [1.82, 2.24) is 10.2 Å². The molecular weight excluding hydrogens is 352 g/mol. The number of aryl methyl sites for hydroxylation is 1. The largest absolute Gasteiger partial charge is 0.496 e. The zero-order valence-electron chi connectivity index (χ0n) is 16.4. The number of ether oxygens (including phenoxy) is 1. The van der Waals surface area contributed by atoms with Gasteiger partial charge in [-0.1, -0.05) is 36.4 Å². The molecule has 5 heteroatoms. The van der Waals surface area contributed by atoms with Crippen LogP contribution in [0.2, 0.25) is 0 Å². The number of hydrogen-bond acceptors (Lipinski definition) is 3. The second kappa shape index (κ2) is 7.66. The molecule has 1 heterocycles. The first-order chi connectivity index (χ1) is 13.6. The summed E-state index contributed by atoms with van der Waals surface area (Å²) in [6.07, 6.45) is 2.09. The van der Waals surface area contributed by atoms with Gasteiger partial charge in [-0.05, 0) is 43.0 Å². The SMILES string of the molecule is COc1ccccc1[C@H]1CN(C(=O)c2ccccc2C)C[C@H]1C(=O)NC1CC1. The number of nitrogens with zero attached hydrogens (tertiary/aromatic N) is 1. The van der Waals surface area contributed by atoms with Gasteiger partial charge in [-0.25, -0.2) is 0 Å². The number of para-hydroxylation sites is 1. The van der Waals surface area contributed by atoms with Crippen molar-refractivity contribution in [3.63, 3.8) is 0 Å². The fourth-order valence-electron chi connectivity index (χ4n) is 4.04. The molecule has 0 spiro atoms. The summed E-state index contributed by atoms with van der Waals surface area (Å²) >= 11 is 0. The fraction of sp³-hybridized carbons (Fsp3) is 0.391. The van der Waals surface area contributed by atoms with Crippen LogP contribution in [0.25, 0.3) is 0 Å². The van der Waals surface area contributed by atoms with Crippen LogP contribution in [0.5, 0.6) is 5.75 Å². The second-order valence-corrected chi connectivity index (χ2v) is 7.76. The smallest absolute Gasteiger partial charge is 0.254 e. The highest BCUT2D eigenvalue weighted by Crippen LogP contribution is 2.38. The number of amides is 2. The van der Waals surface area contributed by atoms with Crippen molar-refractivity contribution in [1.29, 1.82) is 0 Å². The summed E-state index contributed by atoms with van der Waals surface area (Å²) in [5.41, 5.74) is 2.64. The Morgan fingerprint density at radius 1 is 1.04 bits per heavy atom. The highest BCUT2D eigenvalue weighted by molar-refractivity contribution is 5.96. The van der Waals surface area contributed by atoms with Crippen molar-refractivity contribution in [3.05, 3.63) is 65.2 Å². The van der Waals surface area contributed by atoms with Gasteiger partial charge in [0.25, 0.3) is 5.91 Å². The van der Waals surface area contributed by atoms with E-state index < -0.39 is 0 Å². The number of benzene rings is 2. The number of carbonyl (C=O) groups excluding carboxylic acids is 2. The zero-order chi connectivity index (χ0) is 19.7. The van der Waals surface area contributed by atoms with E-state index in [0.717, 1.165) is 29.7 Å². The molecule has 5 nitrogen and oxygen atoms in total. The molecular formula is C23H26N2O3. The number of rotatable bonds is 5. The molecule has 146 valence electrons. The van der Waals surface area contributed by atoms with E-state index in [1.165, 1.54) is 0 Å². The summed E-state index contributed by atoms with van der Waals surface area (Å²) in [6.45, 7) is 2.88. The molecule has 2 fully saturated rings. The highest BCUT2D eigenvalue weighted by Gasteiger charge is 2.43. The van der Waals surface area contributed by atoms with Gasteiger partial charge < -0.3 is 15.0 Å². The maximum absolute atomic E-state index is 13.2. The molecule has 1 aliphatic heterocycles. The zero-order valence-corrected chi connectivity index (χ0v) is 16.4. The number of hydrogen-bond donors (Lipinski definition) is 1. The van der Waals surface area contributed by atoms with Crippen molar-refractivity contribution in [2.45, 2.75) is 31.7 Å². The van der Waals surface area contributed by atoms with Gasteiger partial charge in [0.1, 0.15) is 5.75 Å². The monoisotopic (exact) mass is 378 g/mol. The third kappa shape index (κ3) is 3.61. The molecule has 0 unspecified atom stereocenters. The summed E-state index contributed by atoms with van der Waals surface area (Å²) in [6, 6.07) is 15.7. The highest BCUT2D eigenvalue weighted by atomic mass is 16.5. The van der Waals surface area contributed by atoms with E-state index in [1.807, 2.05) is 60.4 Å². The lowest BCUT2D eigenvalue weighted by molar-refractivity contribution is -0.125. The molecule has 1 saturated carbocycles. The van der Waals surface area contributed by atoms with Crippen LogP contribution in [0.1, 0.15) is 40.2 Å². The molecule has 2 amide bonds. The van der Waals surface area contributed by atoms with Gasteiger partial charge in [0.2, 0.25) is 5.91 Å². The molecule has 2 aromatic carbocycles. The van der Waals surface area contributed by atoms with Gasteiger partial charge in [-0.15, -0.1) is 0 Å². The molecule has 1 saturated heterocycles. The van der Waals surface area contributed by atoms with E-state index in [9.17, 15) is 9.59 Å². The number of carbonyl (C=O) groups is 2. The normalized spacial score (nSPS) is 21.4. The Balaban J connectivity index is 1.63. The molecule has 28 heavy (non-hydrogen) atoms. The first kappa shape index (κ1) is 18.5. The van der Waals surface area contributed by atoms with Crippen molar-refractivity contribution in [3.8, 4) is 5.75 Å². The van der Waals surface area contributed by atoms with Crippen LogP contribution in [0.3, 0.4) is 0 Å². The Labute approximate surface area is 165 Å². The summed E-state index contributed by atoms with van der Waals surface area (Å²) in [5, 5.41) is 3.13. The Bertz CT molecular complexity index is 891. The van der Waals surface area contributed by atoms with E-state index in [4.69, 9.17) is 4.74 Å². The van der Waals surface area contributed by atoms with Gasteiger partial charge in [0.05, 0.1) is 13.0 Å². The van der Waals surface area contributed by atoms with E-state index in [0.29, 0.717) is 24.7 Å². The molecule has 1 aliphatic carbocycles. The fourth-order valence-corrected chi connectivity index (χ4v) is 4.04. The van der Waals surface area contributed by atoms with E-state index in [2.05, 4.69) is 5.32 Å². The molecule has 2 aromatic rings. The average molecular weight is 378 g/mol. The molecule has 4 rings (SSSR count). The van der Waals surface area contributed by atoms with Crippen molar-refractivity contribution in [2.75, 3.05) is 20.2 Å². The summed E-state index contributed by atoms with van der Waals surface area (Å²) in [7, 11) is 1.64. The molecule has 0 aromatic heterocycles. The topological polar surface area (TPSA) is 58.6 Å². The Hall–Kier alpha value is -2.82. The molecule has 1 N–H and O–H groups in total. The predicted molar refractivity (Wildman–Crippen MR) is 107 cm³/mol. The quantitative estimate of drug-likeness (QED) is 0.870. The standard InChI is InChI=1S/C23H26N2O3/c1-15-7-3-4-8-17(15)23(27)25-13-19(18-9-5-6-10-21(18)28-2)20(14-25)22(26)24-16-11-12-16/h3-10,16,19-20H,11-14H2,1-2H3,(H,24,26)/t19-,20-/m1/s1. The maximum Gasteiger partial charge on any atom is 0.254 e. The lowest BCUT2D eigenvalue weighted by atomic mass is 9.87. The van der Waals surface area contributed by atoms with Crippen LogP contribution >= 0.6 is 0 Å². The van der Waals surface area contributed by atoms with Crippen molar-refractivity contribution < 1.29 is 14.3 Å².